The second-order valence-corrected chi connectivity index (χ2v) is 10.4. The lowest BCUT2D eigenvalue weighted by molar-refractivity contribution is -0.136. The van der Waals surface area contributed by atoms with Crippen LogP contribution in [0, 0.1) is 6.92 Å². The summed E-state index contributed by atoms with van der Waals surface area (Å²) in [5.41, 5.74) is 1.12. The summed E-state index contributed by atoms with van der Waals surface area (Å²) in [5, 5.41) is 10.3. The molecule has 1 aliphatic rings. The van der Waals surface area contributed by atoms with E-state index in [-0.39, 0.29) is 16.5 Å². The zero-order valence-electron chi connectivity index (χ0n) is 17.7. The zero-order valence-corrected chi connectivity index (χ0v) is 20.1. The largest absolute Gasteiger partial charge is 0.451 e. The average Bonchev–Trinajstić information content (AvgIpc) is 3.59. The van der Waals surface area contributed by atoms with Crippen LogP contribution in [0.25, 0.3) is 10.2 Å². The number of amides is 1. The predicted molar refractivity (Wildman–Crippen MR) is 129 cm³/mol. The Morgan fingerprint density at radius 2 is 2.00 bits per heavy atom. The van der Waals surface area contributed by atoms with Gasteiger partial charge in [0.15, 0.2) is 6.61 Å². The second-order valence-electron chi connectivity index (χ2n) is 7.47. The molecule has 168 valence electrons. The zero-order chi connectivity index (χ0) is 23.1. The minimum atomic E-state index is -0.653. The molecule has 1 atom stereocenters. The predicted octanol–water partition coefficient (Wildman–Crippen LogP) is 3.96. The summed E-state index contributed by atoms with van der Waals surface area (Å²) in [7, 11) is 1.60. The fourth-order valence-corrected chi connectivity index (χ4v) is 6.26. The van der Waals surface area contributed by atoms with E-state index in [0.29, 0.717) is 22.2 Å². The number of thiophene rings is 3. The highest BCUT2D eigenvalue weighted by molar-refractivity contribution is 7.20. The van der Waals surface area contributed by atoms with Gasteiger partial charge in [0.05, 0.1) is 28.3 Å². The van der Waals surface area contributed by atoms with Crippen LogP contribution in [0.4, 0.5) is 0 Å². The minimum absolute atomic E-state index is 0.227. The number of aromatic nitrogens is 2. The molecule has 0 radical (unpaired) electrons. The van der Waals surface area contributed by atoms with Gasteiger partial charge in [0.2, 0.25) is 0 Å². The van der Waals surface area contributed by atoms with Crippen LogP contribution in [0.3, 0.4) is 0 Å². The number of hydrazone groups is 1. The lowest BCUT2D eigenvalue weighted by atomic mass is 10.1. The van der Waals surface area contributed by atoms with Gasteiger partial charge in [0.1, 0.15) is 9.71 Å². The van der Waals surface area contributed by atoms with Crippen LogP contribution < -0.4 is 5.56 Å². The molecule has 0 N–H and O–H groups in total. The quantitative estimate of drug-likeness (QED) is 0.388. The van der Waals surface area contributed by atoms with E-state index >= 15 is 0 Å². The molecule has 0 fully saturated rings. The summed E-state index contributed by atoms with van der Waals surface area (Å²) in [6, 6.07) is 7.61. The lowest BCUT2D eigenvalue weighted by Crippen LogP contribution is -2.31. The summed E-state index contributed by atoms with van der Waals surface area (Å²) in [4.78, 5) is 45.2. The highest BCUT2D eigenvalue weighted by atomic mass is 32.1. The summed E-state index contributed by atoms with van der Waals surface area (Å²) in [5.74, 6) is -1.05. The molecule has 33 heavy (non-hydrogen) atoms. The van der Waals surface area contributed by atoms with Crippen molar-refractivity contribution < 1.29 is 14.3 Å². The van der Waals surface area contributed by atoms with Crippen molar-refractivity contribution in [1.29, 1.82) is 0 Å². The van der Waals surface area contributed by atoms with Gasteiger partial charge in [-0.2, -0.15) is 5.10 Å². The normalized spacial score (nSPS) is 15.8. The van der Waals surface area contributed by atoms with E-state index in [0.717, 1.165) is 26.8 Å². The number of carbonyl (C=O) groups excluding carboxylic acids is 2. The smallest absolute Gasteiger partial charge is 0.349 e. The molecule has 1 amide bonds. The van der Waals surface area contributed by atoms with Crippen molar-refractivity contribution in [1.82, 2.24) is 14.6 Å². The first-order valence-corrected chi connectivity index (χ1v) is 12.6. The van der Waals surface area contributed by atoms with Crippen molar-refractivity contribution in [2.75, 3.05) is 6.61 Å². The first-order chi connectivity index (χ1) is 15.9. The highest BCUT2D eigenvalue weighted by Gasteiger charge is 2.34. The van der Waals surface area contributed by atoms with Crippen LogP contribution >= 0.6 is 34.0 Å². The van der Waals surface area contributed by atoms with Crippen molar-refractivity contribution >= 4 is 61.8 Å². The van der Waals surface area contributed by atoms with E-state index in [4.69, 9.17) is 4.74 Å². The summed E-state index contributed by atoms with van der Waals surface area (Å²) < 4.78 is 6.72. The van der Waals surface area contributed by atoms with Crippen molar-refractivity contribution in [3.05, 3.63) is 71.9 Å². The third kappa shape index (κ3) is 3.92. The number of carbonyl (C=O) groups is 2. The lowest BCUT2D eigenvalue weighted by Gasteiger charge is -2.20. The van der Waals surface area contributed by atoms with Gasteiger partial charge < -0.3 is 9.30 Å². The molecule has 11 heteroatoms. The van der Waals surface area contributed by atoms with Gasteiger partial charge in [-0.3, -0.25) is 9.59 Å². The number of fused-ring (bicyclic) bond motifs is 1. The molecule has 0 spiro atoms. The Balaban J connectivity index is 1.36. The van der Waals surface area contributed by atoms with Gasteiger partial charge in [-0.05, 0) is 35.4 Å². The van der Waals surface area contributed by atoms with Gasteiger partial charge in [0, 0.05) is 18.3 Å². The first kappa shape index (κ1) is 21.7. The highest BCUT2D eigenvalue weighted by Crippen LogP contribution is 2.36. The summed E-state index contributed by atoms with van der Waals surface area (Å²) in [6.45, 7) is 1.24. The molecule has 0 saturated carbocycles. The molecule has 4 aromatic rings. The van der Waals surface area contributed by atoms with Crippen molar-refractivity contribution in [3.63, 3.8) is 0 Å². The number of aryl methyl sites for hydroxylation is 2. The maximum atomic E-state index is 13.0. The average molecular weight is 499 g/mol. The van der Waals surface area contributed by atoms with Crippen molar-refractivity contribution in [2.24, 2.45) is 12.1 Å². The first-order valence-electron chi connectivity index (χ1n) is 10.0. The number of nitrogens with zero attached hydrogens (tertiary/aromatic N) is 4. The van der Waals surface area contributed by atoms with Gasteiger partial charge in [-0.1, -0.05) is 12.1 Å². The molecular weight excluding hydrogens is 480 g/mol. The van der Waals surface area contributed by atoms with Crippen LogP contribution in [0.1, 0.15) is 37.5 Å². The number of hydrogen-bond donors (Lipinski definition) is 0. The standard InChI is InChI=1S/C22H18N4O4S3/c1-12-18-20(23-11-25(2)21(18)28)33-19(12)22(29)30-10-17(27)26-14(16-6-4-8-32-16)9-13(24-26)15-5-3-7-31-15/h3-8,11,14H,9-10H2,1-2H3. The third-order valence-corrected chi connectivity index (χ3v) is 8.44. The molecule has 0 bridgehead atoms. The van der Waals surface area contributed by atoms with Gasteiger partial charge in [0.25, 0.3) is 11.5 Å². The summed E-state index contributed by atoms with van der Waals surface area (Å²) >= 11 is 4.22. The van der Waals surface area contributed by atoms with Gasteiger partial charge >= 0.3 is 5.97 Å². The fraction of sp³-hybridized carbons (Fsp3) is 0.227. The molecule has 4 aromatic heterocycles. The van der Waals surface area contributed by atoms with E-state index in [1.807, 2.05) is 35.0 Å². The molecule has 5 heterocycles. The minimum Gasteiger partial charge on any atom is -0.451 e. The van der Waals surface area contributed by atoms with E-state index in [2.05, 4.69) is 10.1 Å². The molecule has 1 aliphatic heterocycles. The maximum Gasteiger partial charge on any atom is 0.349 e. The van der Waals surface area contributed by atoms with Gasteiger partial charge in [-0.15, -0.1) is 34.0 Å². The van der Waals surface area contributed by atoms with Gasteiger partial charge in [-0.25, -0.2) is 14.8 Å². The Morgan fingerprint density at radius 3 is 2.73 bits per heavy atom. The van der Waals surface area contributed by atoms with Crippen molar-refractivity contribution in [3.8, 4) is 0 Å². The Kier molecular flexibility index (Phi) is 5.69. The number of esters is 1. The monoisotopic (exact) mass is 498 g/mol. The topological polar surface area (TPSA) is 93.9 Å². The molecule has 0 saturated heterocycles. The number of ether oxygens (including phenoxy) is 1. The van der Waals surface area contributed by atoms with Crippen LogP contribution in [0.5, 0.6) is 0 Å². The van der Waals surface area contributed by atoms with E-state index in [1.165, 1.54) is 15.9 Å². The molecule has 8 nitrogen and oxygen atoms in total. The Morgan fingerprint density at radius 1 is 1.21 bits per heavy atom. The molecular formula is C22H18N4O4S3. The van der Waals surface area contributed by atoms with Crippen LogP contribution in [-0.2, 0) is 16.6 Å². The van der Waals surface area contributed by atoms with Crippen LogP contribution in [0.15, 0.2) is 51.2 Å². The van der Waals surface area contributed by atoms with E-state index < -0.39 is 18.5 Å². The van der Waals surface area contributed by atoms with E-state index in [9.17, 15) is 14.4 Å². The third-order valence-electron chi connectivity index (χ3n) is 5.37. The number of rotatable bonds is 5. The molecule has 1 unspecified atom stereocenters. The Labute approximate surface area is 200 Å². The van der Waals surface area contributed by atoms with Crippen molar-refractivity contribution in [2.45, 2.75) is 19.4 Å². The molecule has 0 aromatic carbocycles. The SMILES string of the molecule is Cc1c(C(=O)OCC(=O)N2N=C(c3cccs3)CC2c2cccs2)sc2ncn(C)c(=O)c12. The van der Waals surface area contributed by atoms with Crippen LogP contribution in [0.2, 0.25) is 0 Å². The molecule has 5 rings (SSSR count). The fourth-order valence-electron chi connectivity index (χ4n) is 3.70. The molecule has 0 aliphatic carbocycles. The summed E-state index contributed by atoms with van der Waals surface area (Å²) in [6.07, 6.45) is 2.02. The maximum absolute atomic E-state index is 13.0. The van der Waals surface area contributed by atoms with Crippen LogP contribution in [-0.4, -0.2) is 38.8 Å². The number of hydrogen-bond acceptors (Lipinski definition) is 9. The van der Waals surface area contributed by atoms with E-state index in [1.54, 1.807) is 36.6 Å². The Bertz CT molecular complexity index is 1430. The Hall–Kier alpha value is -3.15. The second kappa shape index (κ2) is 8.65.